The molecule has 4 heteroatoms. The van der Waals surface area contributed by atoms with Crippen LogP contribution in [0, 0.1) is 0 Å². The number of benzene rings is 9. The van der Waals surface area contributed by atoms with E-state index >= 15 is 0 Å². The summed E-state index contributed by atoms with van der Waals surface area (Å²) in [7, 11) is 0. The SMILES string of the molecule is c1ccc(-c2nc3cc4c(oc5ccccc54)c(N(c4ccc(-c5cccc6ccccc56)cc4)c4ccc(-c5ccccc5)c(-c5ccccc5)c4)c3o2)cc1. The molecule has 0 aliphatic heterocycles. The molecule has 9 aromatic carbocycles. The first-order chi connectivity index (χ1) is 28.3. The highest BCUT2D eigenvalue weighted by Crippen LogP contribution is 2.49. The van der Waals surface area contributed by atoms with Crippen molar-refractivity contribution in [3.05, 3.63) is 206 Å². The Bertz CT molecular complexity index is 3220. The second-order valence-electron chi connectivity index (χ2n) is 14.3. The Morgan fingerprint density at radius 3 is 1.72 bits per heavy atom. The quantitative estimate of drug-likeness (QED) is 0.164. The number of hydrogen-bond donors (Lipinski definition) is 0. The minimum absolute atomic E-state index is 0.555. The van der Waals surface area contributed by atoms with Gasteiger partial charge in [0.15, 0.2) is 11.2 Å². The fraction of sp³-hybridized carbons (Fsp3) is 0. The average Bonchev–Trinajstić information content (AvgIpc) is 3.89. The number of furan rings is 1. The summed E-state index contributed by atoms with van der Waals surface area (Å²) in [6, 6.07) is 72.2. The molecule has 11 aromatic rings. The van der Waals surface area contributed by atoms with Gasteiger partial charge in [0.05, 0.1) is 0 Å². The van der Waals surface area contributed by atoms with Crippen molar-refractivity contribution in [2.45, 2.75) is 0 Å². The lowest BCUT2D eigenvalue weighted by Gasteiger charge is -2.27. The molecule has 0 bridgehead atoms. The smallest absolute Gasteiger partial charge is 0.227 e. The summed E-state index contributed by atoms with van der Waals surface area (Å²) in [5.74, 6) is 0.555. The van der Waals surface area contributed by atoms with Gasteiger partial charge in [-0.1, -0.05) is 158 Å². The highest BCUT2D eigenvalue weighted by Gasteiger charge is 2.27. The van der Waals surface area contributed by atoms with Crippen LogP contribution in [0.3, 0.4) is 0 Å². The second-order valence-corrected chi connectivity index (χ2v) is 14.3. The summed E-state index contributed by atoms with van der Waals surface area (Å²) in [4.78, 5) is 7.40. The third kappa shape index (κ3) is 5.66. The Labute approximate surface area is 329 Å². The average molecular weight is 731 g/mol. The van der Waals surface area contributed by atoms with E-state index in [0.717, 1.165) is 77.9 Å². The van der Waals surface area contributed by atoms with Crippen molar-refractivity contribution in [1.82, 2.24) is 4.98 Å². The van der Waals surface area contributed by atoms with Gasteiger partial charge in [-0.3, -0.25) is 0 Å². The molecule has 0 atom stereocenters. The van der Waals surface area contributed by atoms with Crippen molar-refractivity contribution in [2.24, 2.45) is 0 Å². The third-order valence-electron chi connectivity index (χ3n) is 10.9. The van der Waals surface area contributed by atoms with Crippen LogP contribution >= 0.6 is 0 Å². The zero-order valence-electron chi connectivity index (χ0n) is 30.8. The predicted octanol–water partition coefficient (Wildman–Crippen LogP) is 15.0. The maximum absolute atomic E-state index is 6.85. The minimum Gasteiger partial charge on any atom is -0.454 e. The summed E-state index contributed by atoms with van der Waals surface area (Å²) < 4.78 is 13.7. The molecule has 0 saturated heterocycles. The zero-order chi connectivity index (χ0) is 37.7. The molecular formula is C53H34N2O2. The second kappa shape index (κ2) is 13.6. The molecule has 2 aromatic heterocycles. The Morgan fingerprint density at radius 2 is 0.965 bits per heavy atom. The molecule has 0 fully saturated rings. The molecule has 0 unspecified atom stereocenters. The summed E-state index contributed by atoms with van der Waals surface area (Å²) >= 11 is 0. The van der Waals surface area contributed by atoms with Crippen LogP contribution in [0.25, 0.3) is 88.6 Å². The van der Waals surface area contributed by atoms with Crippen LogP contribution in [0.4, 0.5) is 17.1 Å². The highest BCUT2D eigenvalue weighted by atomic mass is 16.4. The van der Waals surface area contributed by atoms with Gasteiger partial charge in [-0.05, 0) is 92.7 Å². The lowest BCUT2D eigenvalue weighted by atomic mass is 9.93. The van der Waals surface area contributed by atoms with E-state index in [1.165, 1.54) is 16.3 Å². The number of fused-ring (bicyclic) bond motifs is 5. The fourth-order valence-corrected chi connectivity index (χ4v) is 8.20. The van der Waals surface area contributed by atoms with Crippen LogP contribution in [0.2, 0.25) is 0 Å². The van der Waals surface area contributed by atoms with Crippen LogP contribution < -0.4 is 4.90 Å². The van der Waals surface area contributed by atoms with Crippen LogP contribution in [-0.2, 0) is 0 Å². The van der Waals surface area contributed by atoms with Gasteiger partial charge >= 0.3 is 0 Å². The van der Waals surface area contributed by atoms with Crippen molar-refractivity contribution < 1.29 is 8.83 Å². The van der Waals surface area contributed by atoms with E-state index in [1.807, 2.05) is 42.5 Å². The molecule has 11 rings (SSSR count). The molecular weight excluding hydrogens is 697 g/mol. The van der Waals surface area contributed by atoms with Gasteiger partial charge in [-0.25, -0.2) is 4.98 Å². The first-order valence-corrected chi connectivity index (χ1v) is 19.2. The predicted molar refractivity (Wildman–Crippen MR) is 235 cm³/mol. The van der Waals surface area contributed by atoms with E-state index < -0.39 is 0 Å². The fourth-order valence-electron chi connectivity index (χ4n) is 8.20. The Kier molecular flexibility index (Phi) is 7.78. The monoisotopic (exact) mass is 730 g/mol. The van der Waals surface area contributed by atoms with E-state index in [2.05, 4.69) is 169 Å². The molecule has 4 nitrogen and oxygen atoms in total. The van der Waals surface area contributed by atoms with Crippen LogP contribution in [0.1, 0.15) is 0 Å². The molecule has 0 saturated carbocycles. The summed E-state index contributed by atoms with van der Waals surface area (Å²) in [5, 5.41) is 4.43. The van der Waals surface area contributed by atoms with E-state index in [0.29, 0.717) is 11.5 Å². The van der Waals surface area contributed by atoms with Crippen molar-refractivity contribution in [2.75, 3.05) is 4.90 Å². The van der Waals surface area contributed by atoms with Crippen LogP contribution in [0.5, 0.6) is 0 Å². The normalized spacial score (nSPS) is 11.5. The van der Waals surface area contributed by atoms with Crippen molar-refractivity contribution >= 4 is 60.9 Å². The number of anilines is 3. The molecule has 57 heavy (non-hydrogen) atoms. The highest BCUT2D eigenvalue weighted by molar-refractivity contribution is 6.17. The Morgan fingerprint density at radius 1 is 0.368 bits per heavy atom. The molecule has 0 spiro atoms. The number of hydrogen-bond acceptors (Lipinski definition) is 4. The number of oxazole rings is 1. The molecule has 2 heterocycles. The van der Waals surface area contributed by atoms with Gasteiger partial charge in [0.2, 0.25) is 5.89 Å². The first-order valence-electron chi connectivity index (χ1n) is 19.2. The van der Waals surface area contributed by atoms with E-state index in [9.17, 15) is 0 Å². The number of aromatic nitrogens is 1. The minimum atomic E-state index is 0.555. The maximum Gasteiger partial charge on any atom is 0.227 e. The van der Waals surface area contributed by atoms with Crippen molar-refractivity contribution in [3.63, 3.8) is 0 Å². The number of nitrogens with zero attached hydrogens (tertiary/aromatic N) is 2. The third-order valence-corrected chi connectivity index (χ3v) is 10.9. The standard InChI is InChI=1S/C53H34N2O2/c1-4-15-35(16-5-1)44-32-31-41(33-46(44)37-17-6-2-7-18-37)55(40-29-27-38(28-30-40)43-25-14-22-36-19-10-11-23-42(36)43)50-51-47(45-24-12-13-26-49(45)56-51)34-48-52(50)57-53(54-48)39-20-8-3-9-21-39/h1-34H. The van der Waals surface area contributed by atoms with Crippen molar-refractivity contribution in [1.29, 1.82) is 0 Å². The van der Waals surface area contributed by atoms with Gasteiger partial charge in [0.1, 0.15) is 16.8 Å². The lowest BCUT2D eigenvalue weighted by molar-refractivity contribution is 0.618. The molecule has 0 N–H and O–H groups in total. The topological polar surface area (TPSA) is 42.4 Å². The molecule has 0 amide bonds. The maximum atomic E-state index is 6.85. The number of para-hydroxylation sites is 1. The number of rotatable bonds is 7. The molecule has 0 aliphatic carbocycles. The Hall–Kier alpha value is -7.69. The molecule has 0 aliphatic rings. The summed E-state index contributed by atoms with van der Waals surface area (Å²) in [6.45, 7) is 0. The van der Waals surface area contributed by atoms with E-state index in [-0.39, 0.29) is 0 Å². The largest absolute Gasteiger partial charge is 0.454 e. The summed E-state index contributed by atoms with van der Waals surface area (Å²) in [6.07, 6.45) is 0. The first kappa shape index (κ1) is 32.7. The van der Waals surface area contributed by atoms with Crippen LogP contribution in [0.15, 0.2) is 215 Å². The molecule has 0 radical (unpaired) electrons. The van der Waals surface area contributed by atoms with Gasteiger partial charge in [0.25, 0.3) is 0 Å². The van der Waals surface area contributed by atoms with E-state index in [1.54, 1.807) is 0 Å². The van der Waals surface area contributed by atoms with E-state index in [4.69, 9.17) is 13.8 Å². The van der Waals surface area contributed by atoms with Gasteiger partial charge in [-0.15, -0.1) is 0 Å². The lowest BCUT2D eigenvalue weighted by Crippen LogP contribution is -2.11. The van der Waals surface area contributed by atoms with Gasteiger partial charge in [0, 0.05) is 27.7 Å². The molecule has 268 valence electrons. The van der Waals surface area contributed by atoms with Crippen LogP contribution in [-0.4, -0.2) is 4.98 Å². The zero-order valence-corrected chi connectivity index (χ0v) is 30.8. The van der Waals surface area contributed by atoms with Crippen molar-refractivity contribution in [3.8, 4) is 44.8 Å². The van der Waals surface area contributed by atoms with Gasteiger partial charge < -0.3 is 13.7 Å². The summed E-state index contributed by atoms with van der Waals surface area (Å²) in [5.41, 5.74) is 13.4. The Balaban J connectivity index is 1.20. The van der Waals surface area contributed by atoms with Gasteiger partial charge in [-0.2, -0.15) is 0 Å².